The maximum atomic E-state index is 6.77. The van der Waals surface area contributed by atoms with Crippen LogP contribution in [-0.4, -0.2) is 4.57 Å². The summed E-state index contributed by atoms with van der Waals surface area (Å²) < 4.78 is 11.8. The standard InChI is InChI=1S/C37H21NOS/c1-5-16-30-22(10-1)24-12-9-15-28-36(24)38(30)31-17-6-3-13-26(31)37(28)27-14-4-7-18-32(27)39-33-21-35-25(20-29(33)37)23-11-2-8-19-34(23)40-35/h1-21H. The van der Waals surface area contributed by atoms with E-state index in [1.807, 2.05) is 11.3 Å². The van der Waals surface area contributed by atoms with Crippen molar-refractivity contribution in [2.24, 2.45) is 0 Å². The first-order chi connectivity index (χ1) is 19.8. The van der Waals surface area contributed by atoms with Crippen LogP contribution in [0.4, 0.5) is 0 Å². The molecule has 0 N–H and O–H groups in total. The molecule has 2 aliphatic rings. The fraction of sp³-hybridized carbons (Fsp3) is 0.0270. The van der Waals surface area contributed by atoms with Crippen LogP contribution in [0.5, 0.6) is 11.5 Å². The van der Waals surface area contributed by atoms with Crippen LogP contribution >= 0.6 is 11.3 Å². The fourth-order valence-electron chi connectivity index (χ4n) is 7.54. The number of hydrogen-bond acceptors (Lipinski definition) is 2. The number of fused-ring (bicyclic) bond motifs is 14. The summed E-state index contributed by atoms with van der Waals surface area (Å²) in [6, 6.07) is 46.7. The molecule has 1 unspecified atom stereocenters. The van der Waals surface area contributed by atoms with Crippen LogP contribution in [0.3, 0.4) is 0 Å². The Morgan fingerprint density at radius 2 is 1.23 bits per heavy atom. The summed E-state index contributed by atoms with van der Waals surface area (Å²) in [6.07, 6.45) is 0. The van der Waals surface area contributed by atoms with Gasteiger partial charge in [-0.1, -0.05) is 91.0 Å². The normalized spacial score (nSPS) is 16.8. The Kier molecular flexibility index (Phi) is 3.79. The van der Waals surface area contributed by atoms with Crippen molar-refractivity contribution in [2.75, 3.05) is 0 Å². The van der Waals surface area contributed by atoms with E-state index in [-0.39, 0.29) is 0 Å². The second-order valence-corrected chi connectivity index (χ2v) is 11.9. The molecule has 10 rings (SSSR count). The van der Waals surface area contributed by atoms with Gasteiger partial charge in [0.1, 0.15) is 11.5 Å². The smallest absolute Gasteiger partial charge is 0.133 e. The summed E-state index contributed by atoms with van der Waals surface area (Å²) in [4.78, 5) is 0. The van der Waals surface area contributed by atoms with E-state index >= 15 is 0 Å². The molecule has 2 aromatic heterocycles. The number of thiophene rings is 1. The first-order valence-corrected chi connectivity index (χ1v) is 14.5. The lowest BCUT2D eigenvalue weighted by Gasteiger charge is -2.45. The van der Waals surface area contributed by atoms with Gasteiger partial charge >= 0.3 is 0 Å². The second-order valence-electron chi connectivity index (χ2n) is 10.9. The second kappa shape index (κ2) is 7.20. The van der Waals surface area contributed by atoms with Crippen LogP contribution in [0.15, 0.2) is 127 Å². The van der Waals surface area contributed by atoms with Gasteiger partial charge in [0.25, 0.3) is 0 Å². The van der Waals surface area contributed by atoms with Gasteiger partial charge in [0.05, 0.1) is 22.1 Å². The zero-order valence-corrected chi connectivity index (χ0v) is 22.2. The lowest BCUT2D eigenvalue weighted by Crippen LogP contribution is -2.37. The molecule has 0 fully saturated rings. The molecule has 1 spiro atoms. The molecule has 1 atom stereocenters. The Morgan fingerprint density at radius 3 is 2.17 bits per heavy atom. The highest BCUT2D eigenvalue weighted by atomic mass is 32.1. The third-order valence-electron chi connectivity index (χ3n) is 9.04. The fourth-order valence-corrected chi connectivity index (χ4v) is 8.66. The highest BCUT2D eigenvalue weighted by Gasteiger charge is 2.50. The summed E-state index contributed by atoms with van der Waals surface area (Å²) in [6.45, 7) is 0. The van der Waals surface area contributed by atoms with E-state index in [0.717, 1.165) is 11.5 Å². The van der Waals surface area contributed by atoms with Gasteiger partial charge in [-0.15, -0.1) is 11.3 Å². The molecule has 0 radical (unpaired) electrons. The Bertz CT molecular complexity index is 2370. The number of nitrogens with zero attached hydrogens (tertiary/aromatic N) is 1. The Morgan fingerprint density at radius 1 is 0.500 bits per heavy atom. The minimum Gasteiger partial charge on any atom is -0.457 e. The molecule has 2 aliphatic heterocycles. The van der Waals surface area contributed by atoms with Crippen LogP contribution in [0.1, 0.15) is 22.3 Å². The van der Waals surface area contributed by atoms with Gasteiger partial charge in [-0.25, -0.2) is 0 Å². The van der Waals surface area contributed by atoms with Crippen molar-refractivity contribution >= 4 is 53.3 Å². The summed E-state index contributed by atoms with van der Waals surface area (Å²) in [7, 11) is 0. The Balaban J connectivity index is 1.48. The minimum atomic E-state index is -0.526. The predicted octanol–water partition coefficient (Wildman–Crippen LogP) is 9.95. The van der Waals surface area contributed by atoms with Gasteiger partial charge in [-0.05, 0) is 47.5 Å². The van der Waals surface area contributed by atoms with E-state index in [1.165, 1.54) is 69.9 Å². The summed E-state index contributed by atoms with van der Waals surface area (Å²) >= 11 is 1.84. The third kappa shape index (κ3) is 2.33. The van der Waals surface area contributed by atoms with Crippen LogP contribution in [0.25, 0.3) is 47.7 Å². The summed E-state index contributed by atoms with van der Waals surface area (Å²) in [5, 5.41) is 5.16. The van der Waals surface area contributed by atoms with Gasteiger partial charge in [-0.3, -0.25) is 0 Å². The molecule has 186 valence electrons. The van der Waals surface area contributed by atoms with Gasteiger partial charge in [0.2, 0.25) is 0 Å². The van der Waals surface area contributed by atoms with E-state index in [9.17, 15) is 0 Å². The molecule has 6 aromatic carbocycles. The number of aromatic nitrogens is 1. The van der Waals surface area contributed by atoms with Gasteiger partial charge in [0.15, 0.2) is 0 Å². The van der Waals surface area contributed by atoms with Crippen LogP contribution < -0.4 is 4.74 Å². The third-order valence-corrected chi connectivity index (χ3v) is 10.2. The largest absolute Gasteiger partial charge is 0.457 e. The van der Waals surface area contributed by atoms with Crippen LogP contribution in [0, 0.1) is 0 Å². The average molecular weight is 528 g/mol. The number of benzene rings is 6. The number of rotatable bonds is 0. The molecular formula is C37H21NOS. The number of hydrogen-bond donors (Lipinski definition) is 0. The van der Waals surface area contributed by atoms with Crippen molar-refractivity contribution in [3.8, 4) is 17.2 Å². The molecule has 0 saturated heterocycles. The van der Waals surface area contributed by atoms with E-state index in [4.69, 9.17) is 4.74 Å². The quantitative estimate of drug-likeness (QED) is 0.191. The predicted molar refractivity (Wildman–Crippen MR) is 166 cm³/mol. The van der Waals surface area contributed by atoms with Crippen LogP contribution in [-0.2, 0) is 5.41 Å². The van der Waals surface area contributed by atoms with E-state index in [0.29, 0.717) is 0 Å². The van der Waals surface area contributed by atoms with Gasteiger partial charge in [-0.2, -0.15) is 0 Å². The van der Waals surface area contributed by atoms with Gasteiger partial charge < -0.3 is 9.30 Å². The Hall–Kier alpha value is -4.86. The maximum absolute atomic E-state index is 6.77. The molecule has 0 saturated carbocycles. The molecule has 0 aliphatic carbocycles. The SMILES string of the molecule is c1ccc2c(c1)Oc1cc3sc4ccccc4c3cc1C21c2ccccc2-n2c3ccccc3c3cccc1c32. The molecule has 3 heteroatoms. The number of para-hydroxylation sites is 4. The van der Waals surface area contributed by atoms with Crippen molar-refractivity contribution in [3.05, 3.63) is 150 Å². The molecule has 4 heterocycles. The van der Waals surface area contributed by atoms with E-state index < -0.39 is 5.41 Å². The zero-order valence-electron chi connectivity index (χ0n) is 21.4. The molecular weight excluding hydrogens is 506 g/mol. The van der Waals surface area contributed by atoms with Crippen LogP contribution in [0.2, 0.25) is 0 Å². The first kappa shape index (κ1) is 21.0. The van der Waals surface area contributed by atoms with Crippen molar-refractivity contribution < 1.29 is 4.74 Å². The lowest BCUT2D eigenvalue weighted by atomic mass is 9.61. The summed E-state index contributed by atoms with van der Waals surface area (Å²) in [5.41, 5.74) is 8.21. The topological polar surface area (TPSA) is 14.2 Å². The van der Waals surface area contributed by atoms with Crippen molar-refractivity contribution in [3.63, 3.8) is 0 Å². The summed E-state index contributed by atoms with van der Waals surface area (Å²) in [5.74, 6) is 1.86. The zero-order chi connectivity index (χ0) is 26.0. The molecule has 40 heavy (non-hydrogen) atoms. The maximum Gasteiger partial charge on any atom is 0.133 e. The molecule has 0 amide bonds. The monoisotopic (exact) mass is 527 g/mol. The molecule has 8 aromatic rings. The minimum absolute atomic E-state index is 0.526. The highest BCUT2D eigenvalue weighted by molar-refractivity contribution is 7.25. The molecule has 2 nitrogen and oxygen atoms in total. The highest BCUT2D eigenvalue weighted by Crippen LogP contribution is 2.61. The first-order valence-electron chi connectivity index (χ1n) is 13.7. The Labute approximate surface area is 234 Å². The number of ether oxygens (including phenoxy) is 1. The van der Waals surface area contributed by atoms with Crippen molar-refractivity contribution in [1.82, 2.24) is 4.57 Å². The molecule has 0 bridgehead atoms. The van der Waals surface area contributed by atoms with Crippen molar-refractivity contribution in [1.29, 1.82) is 0 Å². The lowest BCUT2D eigenvalue weighted by molar-refractivity contribution is 0.435. The van der Waals surface area contributed by atoms with Crippen molar-refractivity contribution in [2.45, 2.75) is 5.41 Å². The van der Waals surface area contributed by atoms with E-state index in [2.05, 4.69) is 132 Å². The average Bonchev–Trinajstić information content (AvgIpc) is 3.54. The van der Waals surface area contributed by atoms with Gasteiger partial charge in [0, 0.05) is 42.1 Å². The van der Waals surface area contributed by atoms with E-state index in [1.54, 1.807) is 0 Å².